The van der Waals surface area contributed by atoms with E-state index in [1.54, 1.807) is 25.1 Å². The molecule has 2 aromatic carbocycles. The first-order chi connectivity index (χ1) is 21.0. The van der Waals surface area contributed by atoms with Crippen molar-refractivity contribution in [2.45, 2.75) is 24.9 Å². The van der Waals surface area contributed by atoms with Crippen molar-refractivity contribution in [3.05, 3.63) is 78.1 Å². The maximum absolute atomic E-state index is 15.0. The number of hydrogen-bond acceptors (Lipinski definition) is 10. The summed E-state index contributed by atoms with van der Waals surface area (Å²) in [6.07, 6.45) is 0.156. The van der Waals surface area contributed by atoms with Crippen molar-refractivity contribution in [3.63, 3.8) is 0 Å². The molecule has 3 aromatic rings. The molecule has 0 fully saturated rings. The van der Waals surface area contributed by atoms with Crippen LogP contribution in [-0.2, 0) is 18.9 Å². The fraction of sp³-hybridized carbons (Fsp3) is 0.355. The van der Waals surface area contributed by atoms with E-state index in [-0.39, 0.29) is 57.0 Å². The van der Waals surface area contributed by atoms with Gasteiger partial charge in [0.25, 0.3) is 5.56 Å². The van der Waals surface area contributed by atoms with Crippen molar-refractivity contribution in [1.29, 1.82) is 0 Å². The van der Waals surface area contributed by atoms with Crippen LogP contribution in [0.15, 0.2) is 45.1 Å². The number of ether oxygens (including phenoxy) is 5. The summed E-state index contributed by atoms with van der Waals surface area (Å²) in [5, 5.41) is 3.22. The van der Waals surface area contributed by atoms with Crippen LogP contribution in [0.25, 0.3) is 0 Å². The minimum Gasteiger partial charge on any atom is -0.496 e. The Labute approximate surface area is 256 Å². The van der Waals surface area contributed by atoms with E-state index in [0.717, 1.165) is 4.57 Å². The van der Waals surface area contributed by atoms with E-state index in [1.165, 1.54) is 53.2 Å². The fourth-order valence-electron chi connectivity index (χ4n) is 6.64. The molecule has 3 atom stereocenters. The molecule has 0 bridgehead atoms. The van der Waals surface area contributed by atoms with Crippen LogP contribution in [0.3, 0.4) is 0 Å². The number of carbonyl (C=O) groups excluding carboxylic acids is 2. The molecule has 230 valence electrons. The zero-order valence-electron chi connectivity index (χ0n) is 25.1. The number of aromatic nitrogens is 2. The summed E-state index contributed by atoms with van der Waals surface area (Å²) < 4.78 is 30.8. The maximum atomic E-state index is 15.0. The molecule has 1 aliphatic carbocycles. The molecule has 1 aromatic heterocycles. The number of nitrogens with one attached hydrogen (secondary N) is 1. The van der Waals surface area contributed by atoms with Crippen molar-refractivity contribution >= 4 is 29.0 Å². The van der Waals surface area contributed by atoms with Crippen LogP contribution in [0.2, 0.25) is 5.02 Å². The third-order valence-electron chi connectivity index (χ3n) is 8.82. The van der Waals surface area contributed by atoms with Crippen molar-refractivity contribution in [2.75, 3.05) is 33.8 Å². The van der Waals surface area contributed by atoms with E-state index in [9.17, 15) is 14.4 Å². The first kappa shape index (κ1) is 29.4. The molecule has 3 aliphatic rings. The lowest BCUT2D eigenvalue weighted by atomic mass is 9.65. The second kappa shape index (κ2) is 10.2. The zero-order chi connectivity index (χ0) is 31.8. The standard InChI is InChI=1S/C31H30ClN3O9/c1-13-11-15-20(26(36)31(13)27(37)21-17(41-5)12-18(42-6)23(32)25(21)44-31)19(14-9-8-10-16(40-4)24(14)43-7)22-28(33-15)34(2)30(39)35(3)29(22)38/h8-10,12-13,19,33H,11H2,1-7H3/t13-,19?,31+/m1/s1. The summed E-state index contributed by atoms with van der Waals surface area (Å²) in [4.78, 5) is 56.3. The van der Waals surface area contributed by atoms with Gasteiger partial charge in [-0.1, -0.05) is 30.7 Å². The van der Waals surface area contributed by atoms with Crippen LogP contribution < -0.4 is 40.3 Å². The van der Waals surface area contributed by atoms with Crippen LogP contribution in [-0.4, -0.2) is 54.7 Å². The van der Waals surface area contributed by atoms with Gasteiger partial charge >= 0.3 is 5.69 Å². The third-order valence-corrected chi connectivity index (χ3v) is 9.18. The van der Waals surface area contributed by atoms with Gasteiger partial charge in [0.2, 0.25) is 17.2 Å². The Hall–Kier alpha value is -4.71. The van der Waals surface area contributed by atoms with Gasteiger partial charge in [0.1, 0.15) is 27.9 Å². The molecule has 2 aliphatic heterocycles. The molecule has 0 amide bonds. The van der Waals surface area contributed by atoms with Crippen LogP contribution in [0.5, 0.6) is 28.7 Å². The predicted molar refractivity (Wildman–Crippen MR) is 160 cm³/mol. The molecule has 3 heterocycles. The highest BCUT2D eigenvalue weighted by Gasteiger charge is 2.64. The number of fused-ring (bicyclic) bond motifs is 2. The van der Waals surface area contributed by atoms with E-state index < -0.39 is 40.3 Å². The maximum Gasteiger partial charge on any atom is 0.332 e. The molecule has 13 heteroatoms. The number of hydrogen-bond donors (Lipinski definition) is 1. The largest absolute Gasteiger partial charge is 0.496 e. The third kappa shape index (κ3) is 3.63. The second-order valence-corrected chi connectivity index (χ2v) is 11.3. The number of rotatable bonds is 5. The van der Waals surface area contributed by atoms with E-state index in [1.807, 2.05) is 0 Å². The van der Waals surface area contributed by atoms with Gasteiger partial charge in [0.05, 0.1) is 39.9 Å². The molecule has 6 rings (SSSR count). The Morgan fingerprint density at radius 2 is 1.61 bits per heavy atom. The van der Waals surface area contributed by atoms with E-state index in [0.29, 0.717) is 17.0 Å². The van der Waals surface area contributed by atoms with Crippen molar-refractivity contribution < 1.29 is 33.3 Å². The lowest BCUT2D eigenvalue weighted by Crippen LogP contribution is -2.58. The number of ketones is 2. The number of Topliss-reactive ketones (excluding diaryl/α,β-unsaturated/α-hetero) is 2. The minimum atomic E-state index is -2.03. The van der Waals surface area contributed by atoms with E-state index in [4.69, 9.17) is 35.3 Å². The second-order valence-electron chi connectivity index (χ2n) is 10.9. The van der Waals surface area contributed by atoms with Gasteiger partial charge in [0, 0.05) is 42.9 Å². The number of halogens is 1. The van der Waals surface area contributed by atoms with Gasteiger partial charge in [-0.2, -0.15) is 0 Å². The highest BCUT2D eigenvalue weighted by Crippen LogP contribution is 2.57. The summed E-state index contributed by atoms with van der Waals surface area (Å²) in [7, 11) is 8.63. The fourth-order valence-corrected chi connectivity index (χ4v) is 6.90. The van der Waals surface area contributed by atoms with Gasteiger partial charge in [-0.05, 0) is 12.5 Å². The van der Waals surface area contributed by atoms with Gasteiger partial charge in [-0.3, -0.25) is 23.5 Å². The quantitative estimate of drug-likeness (QED) is 0.422. The Morgan fingerprint density at radius 1 is 0.932 bits per heavy atom. The van der Waals surface area contributed by atoms with E-state index in [2.05, 4.69) is 5.32 Å². The molecule has 1 unspecified atom stereocenters. The van der Waals surface area contributed by atoms with Crippen molar-refractivity contribution in [1.82, 2.24) is 9.13 Å². The first-order valence-electron chi connectivity index (χ1n) is 13.7. The number of para-hydroxylation sites is 1. The Bertz CT molecular complexity index is 1940. The van der Waals surface area contributed by atoms with E-state index >= 15 is 4.79 Å². The minimum absolute atomic E-state index is 0.0184. The van der Waals surface area contributed by atoms with Crippen molar-refractivity contribution in [2.24, 2.45) is 20.0 Å². The van der Waals surface area contributed by atoms with Crippen LogP contribution >= 0.6 is 11.6 Å². The number of nitrogens with zero attached hydrogens (tertiary/aromatic N) is 2. The highest BCUT2D eigenvalue weighted by atomic mass is 35.5. The van der Waals surface area contributed by atoms with Gasteiger partial charge in [-0.15, -0.1) is 0 Å². The smallest absolute Gasteiger partial charge is 0.332 e. The summed E-state index contributed by atoms with van der Waals surface area (Å²) in [6, 6.07) is 6.58. The average Bonchev–Trinajstić information content (AvgIpc) is 3.35. The summed E-state index contributed by atoms with van der Waals surface area (Å²) in [5.41, 5.74) is -2.04. The molecule has 12 nitrogen and oxygen atoms in total. The molecule has 1 spiro atoms. The first-order valence-corrected chi connectivity index (χ1v) is 14.1. The van der Waals surface area contributed by atoms with Gasteiger partial charge in [0.15, 0.2) is 17.2 Å². The normalized spacial score (nSPS) is 21.7. The summed E-state index contributed by atoms with van der Waals surface area (Å²) in [6.45, 7) is 1.73. The number of allylic oxidation sites excluding steroid dienone is 1. The van der Waals surface area contributed by atoms with Crippen LogP contribution in [0.4, 0.5) is 5.82 Å². The Balaban J connectivity index is 1.65. The number of methoxy groups -OCH3 is 4. The van der Waals surface area contributed by atoms with Crippen LogP contribution in [0, 0.1) is 5.92 Å². The van der Waals surface area contributed by atoms with Crippen LogP contribution in [0.1, 0.15) is 40.7 Å². The zero-order valence-corrected chi connectivity index (χ0v) is 25.9. The molecule has 44 heavy (non-hydrogen) atoms. The molecular formula is C31H30ClN3O9. The molecule has 1 N–H and O–H groups in total. The number of carbonyl (C=O) groups is 2. The molecule has 0 radical (unpaired) electrons. The lowest BCUT2D eigenvalue weighted by molar-refractivity contribution is -0.130. The number of anilines is 1. The molecule has 0 saturated heterocycles. The highest BCUT2D eigenvalue weighted by molar-refractivity contribution is 6.36. The predicted octanol–water partition coefficient (Wildman–Crippen LogP) is 3.21. The molecular weight excluding hydrogens is 594 g/mol. The Kier molecular flexibility index (Phi) is 6.80. The summed E-state index contributed by atoms with van der Waals surface area (Å²) in [5.74, 6) is -1.83. The molecule has 0 saturated carbocycles. The Morgan fingerprint density at radius 3 is 2.25 bits per heavy atom. The summed E-state index contributed by atoms with van der Waals surface area (Å²) >= 11 is 6.62. The van der Waals surface area contributed by atoms with Gasteiger partial charge in [-0.25, -0.2) is 4.79 Å². The monoisotopic (exact) mass is 623 g/mol. The SMILES string of the molecule is COc1cc(OC)c2c(c1Cl)O[C@@]1(C(=O)C3=C(C[C@H]1C)Nc1c(c(=O)n(C)c(=O)n1C)C3c1cccc(OC)c1OC)C2=O. The number of benzene rings is 2. The topological polar surface area (TPSA) is 136 Å². The lowest BCUT2D eigenvalue weighted by Gasteiger charge is -2.42. The van der Waals surface area contributed by atoms with Crippen molar-refractivity contribution in [3.8, 4) is 28.7 Å². The van der Waals surface area contributed by atoms with Gasteiger partial charge < -0.3 is 29.0 Å². The average molecular weight is 624 g/mol.